The highest BCUT2D eigenvalue weighted by molar-refractivity contribution is 5.68. The van der Waals surface area contributed by atoms with Crippen LogP contribution in [0.4, 0.5) is 9.59 Å². The smallest absolute Gasteiger partial charge is 0.407 e. The third-order valence-electron chi connectivity index (χ3n) is 6.03. The van der Waals surface area contributed by atoms with E-state index in [9.17, 15) is 19.7 Å². The van der Waals surface area contributed by atoms with E-state index in [1.165, 1.54) is 36.7 Å². The minimum Gasteiger partial charge on any atom is -0.754 e. The zero-order valence-electron chi connectivity index (χ0n) is 26.7. The van der Waals surface area contributed by atoms with Crippen molar-refractivity contribution >= 4 is 12.2 Å². The summed E-state index contributed by atoms with van der Waals surface area (Å²) in [5.74, 6) is 1.66. The topological polar surface area (TPSA) is 142 Å². The summed E-state index contributed by atoms with van der Waals surface area (Å²) in [6, 6.07) is 14.1. The number of alkyl carbamates (subject to hydrolysis) is 2. The molecule has 0 aliphatic carbocycles. The normalized spacial score (nSPS) is 16.3. The Morgan fingerprint density at radius 3 is 1.65 bits per heavy atom. The molecule has 12 heteroatoms. The molecule has 4 rings (SSSR count). The molecule has 12 nitrogen and oxygen atoms in total. The first-order valence-corrected chi connectivity index (χ1v) is 14.6. The molecular weight excluding hydrogens is 592 g/mol. The maximum absolute atomic E-state index is 12.7. The Morgan fingerprint density at radius 1 is 0.739 bits per heavy atom. The Hall–Kier alpha value is -5.36. The van der Waals surface area contributed by atoms with E-state index in [0.29, 0.717) is 32.8 Å². The highest BCUT2D eigenvalue weighted by atomic mass is 16.6. The van der Waals surface area contributed by atoms with Crippen molar-refractivity contribution in [3.05, 3.63) is 129 Å². The van der Waals surface area contributed by atoms with Gasteiger partial charge in [-0.2, -0.15) is 0 Å². The second kappa shape index (κ2) is 14.2. The van der Waals surface area contributed by atoms with E-state index in [0.717, 1.165) is 11.1 Å². The van der Waals surface area contributed by atoms with Crippen LogP contribution in [-0.4, -0.2) is 33.2 Å². The molecule has 2 aromatic rings. The Kier molecular flexibility index (Phi) is 10.3. The van der Waals surface area contributed by atoms with E-state index in [1.54, 1.807) is 90.1 Å². The van der Waals surface area contributed by atoms with Crippen LogP contribution in [0.1, 0.15) is 52.7 Å². The van der Waals surface area contributed by atoms with Gasteiger partial charge in [0.25, 0.3) is 5.70 Å². The predicted molar refractivity (Wildman–Crippen MR) is 171 cm³/mol. The summed E-state index contributed by atoms with van der Waals surface area (Å²) >= 11 is 0. The summed E-state index contributed by atoms with van der Waals surface area (Å²) in [7, 11) is 0. The summed E-state index contributed by atoms with van der Waals surface area (Å²) in [4.78, 5) is 36.5. The van der Waals surface area contributed by atoms with Gasteiger partial charge in [0.15, 0.2) is 0 Å². The average Bonchev–Trinajstić information content (AvgIpc) is 2.97. The standard InChI is InChI=1S/C34H38N4O8/c1-33(2,3)45-31(39)35-21-23-7-11-25(12-8-23)43-27-15-17-37(41)29(19-27)30-20-28(16-18-38(30)42)44-26-13-9-24(10-14-26)22-36-32(40)46-34(4,5)6/h7-20H,21-22H2,1-6H3,(H,35,39)(H,36,40). The molecule has 0 bridgehead atoms. The van der Waals surface area contributed by atoms with Gasteiger partial charge in [0, 0.05) is 24.1 Å². The molecule has 0 aromatic heterocycles. The fourth-order valence-corrected chi connectivity index (χ4v) is 4.04. The Morgan fingerprint density at radius 2 is 1.20 bits per heavy atom. The number of hydroxylamine groups is 2. The molecule has 2 N–H and O–H groups in total. The summed E-state index contributed by atoms with van der Waals surface area (Å²) in [5, 5.41) is 18.7. The molecule has 0 atom stereocenters. The Balaban J connectivity index is 1.40. The fraction of sp³-hybridized carbons (Fsp3) is 0.294. The third-order valence-corrected chi connectivity index (χ3v) is 6.03. The number of carbonyl (C=O) groups is 2. The second-order valence-corrected chi connectivity index (χ2v) is 12.3. The zero-order chi connectivity index (χ0) is 33.5. The van der Waals surface area contributed by atoms with Crippen molar-refractivity contribution in [3.8, 4) is 11.5 Å². The predicted octanol–water partition coefficient (Wildman–Crippen LogP) is 6.81. The van der Waals surface area contributed by atoms with Crippen LogP contribution >= 0.6 is 0 Å². The molecule has 2 amide bonds. The van der Waals surface area contributed by atoms with Crippen LogP contribution in [0.15, 0.2) is 108 Å². The van der Waals surface area contributed by atoms with Crippen molar-refractivity contribution in [1.82, 2.24) is 15.7 Å². The van der Waals surface area contributed by atoms with Crippen molar-refractivity contribution in [2.75, 3.05) is 0 Å². The van der Waals surface area contributed by atoms with E-state index >= 15 is 0 Å². The van der Waals surface area contributed by atoms with Crippen molar-refractivity contribution in [1.29, 1.82) is 0 Å². The molecule has 2 aromatic carbocycles. The number of hydrogen-bond acceptors (Lipinski definition) is 9. The maximum atomic E-state index is 12.7. The third kappa shape index (κ3) is 10.4. The lowest BCUT2D eigenvalue weighted by Crippen LogP contribution is -2.32. The van der Waals surface area contributed by atoms with Gasteiger partial charge < -0.3 is 39.9 Å². The van der Waals surface area contributed by atoms with Crippen LogP contribution in [0, 0.1) is 10.1 Å². The minimum absolute atomic E-state index is 0.0553. The van der Waals surface area contributed by atoms with Gasteiger partial charge in [-0.05, 0) is 89.2 Å². The highest BCUT2D eigenvalue weighted by Gasteiger charge is 2.26. The Bertz CT molecular complexity index is 1610. The number of carbonyl (C=O) groups excluding carboxylic acids is 2. The monoisotopic (exact) mass is 630 g/mol. The molecule has 2 aliphatic rings. The number of benzene rings is 2. The van der Waals surface area contributed by atoms with Gasteiger partial charge in [0.1, 0.15) is 39.9 Å². The molecule has 0 fully saturated rings. The average molecular weight is 631 g/mol. The van der Waals surface area contributed by atoms with Crippen LogP contribution in [0.3, 0.4) is 0 Å². The fourth-order valence-electron chi connectivity index (χ4n) is 4.04. The van der Waals surface area contributed by atoms with Crippen LogP contribution in [-0.2, 0) is 22.6 Å². The number of nitrogens with zero attached hydrogens (tertiary/aromatic N) is 2. The summed E-state index contributed by atoms with van der Waals surface area (Å²) < 4.78 is 22.9. The van der Waals surface area contributed by atoms with Crippen LogP contribution in [0.5, 0.6) is 11.5 Å². The number of amides is 2. The summed E-state index contributed by atoms with van der Waals surface area (Å²) in [5.41, 5.74) is 0.602. The van der Waals surface area contributed by atoms with Crippen molar-refractivity contribution in [2.24, 2.45) is 0 Å². The van der Waals surface area contributed by atoms with Gasteiger partial charge in [-0.3, -0.25) is 0 Å². The first-order valence-electron chi connectivity index (χ1n) is 14.6. The lowest BCUT2D eigenvalue weighted by atomic mass is 10.1. The van der Waals surface area contributed by atoms with Gasteiger partial charge in [-0.25, -0.2) is 9.59 Å². The van der Waals surface area contributed by atoms with E-state index in [2.05, 4.69) is 10.6 Å². The van der Waals surface area contributed by atoms with Crippen LogP contribution in [0.25, 0.3) is 0 Å². The summed E-state index contributed by atoms with van der Waals surface area (Å²) in [6.07, 6.45) is 7.39. The molecule has 2 aliphatic heterocycles. The highest BCUT2D eigenvalue weighted by Crippen LogP contribution is 2.27. The van der Waals surface area contributed by atoms with E-state index < -0.39 is 23.4 Å². The van der Waals surface area contributed by atoms with Crippen molar-refractivity contribution in [3.63, 3.8) is 0 Å². The molecule has 0 unspecified atom stereocenters. The molecule has 242 valence electrons. The maximum Gasteiger partial charge on any atom is 0.407 e. The molecule has 2 heterocycles. The summed E-state index contributed by atoms with van der Waals surface area (Å²) in [6.45, 7) is 11.3. The van der Waals surface area contributed by atoms with E-state index in [4.69, 9.17) is 18.9 Å². The first-order chi connectivity index (χ1) is 21.6. The minimum atomic E-state index is -0.588. The van der Waals surface area contributed by atoms with Gasteiger partial charge in [0.05, 0.1) is 16.9 Å². The second-order valence-electron chi connectivity index (χ2n) is 12.3. The molecule has 0 spiro atoms. The Labute approximate surface area is 267 Å². The zero-order valence-corrected chi connectivity index (χ0v) is 26.7. The van der Waals surface area contributed by atoms with Crippen molar-refractivity contribution < 1.29 is 33.3 Å². The molecule has 0 saturated carbocycles. The van der Waals surface area contributed by atoms with Gasteiger partial charge in [-0.15, -0.1) is 0 Å². The molecule has 46 heavy (non-hydrogen) atoms. The number of hydrogen-bond donors (Lipinski definition) is 2. The quantitative estimate of drug-likeness (QED) is 0.301. The molecule has 0 radical (unpaired) electrons. The van der Waals surface area contributed by atoms with Crippen molar-refractivity contribution in [2.45, 2.75) is 65.8 Å². The number of rotatable bonds is 8. The number of nitroso groups, excluding NO2 is 1. The largest absolute Gasteiger partial charge is 0.754 e. The lowest BCUT2D eigenvalue weighted by molar-refractivity contribution is -0.421. The number of ether oxygens (including phenoxy) is 4. The SMILES string of the molecule is CC(C)(C)OC(=O)NCc1ccc(OC2=CC(=C3C=C(Oc4ccc(CNC(=O)OC(C)(C)C)cc4)C=C[N+]3=O)N([O-])C=C2)cc1. The number of allylic oxidation sites excluding steroid dienone is 4. The molecular formula is C34H38N4O8. The number of nitrogens with one attached hydrogen (secondary N) is 2. The lowest BCUT2D eigenvalue weighted by Gasteiger charge is -2.29. The molecule has 0 saturated heterocycles. The van der Waals surface area contributed by atoms with Gasteiger partial charge in [-0.1, -0.05) is 24.3 Å². The van der Waals surface area contributed by atoms with Gasteiger partial charge in [0.2, 0.25) is 6.20 Å². The van der Waals surface area contributed by atoms with Crippen LogP contribution < -0.4 is 20.1 Å². The van der Waals surface area contributed by atoms with Gasteiger partial charge >= 0.3 is 12.2 Å². The first kappa shape index (κ1) is 33.5. The van der Waals surface area contributed by atoms with E-state index in [-0.39, 0.29) is 24.5 Å². The van der Waals surface area contributed by atoms with Crippen LogP contribution in [0.2, 0.25) is 0 Å². The van der Waals surface area contributed by atoms with E-state index in [1.807, 2.05) is 0 Å².